The fourth-order valence-electron chi connectivity index (χ4n) is 4.45. The van der Waals surface area contributed by atoms with Gasteiger partial charge < -0.3 is 4.74 Å². The van der Waals surface area contributed by atoms with E-state index in [1.54, 1.807) is 18.0 Å². The van der Waals surface area contributed by atoms with Crippen molar-refractivity contribution < 1.29 is 4.74 Å². The number of aliphatic imine (C=N–C) groups is 1. The Kier molecular flexibility index (Phi) is 5.11. The number of nitrogens with zero attached hydrogens (tertiary/aromatic N) is 3. The number of rotatable bonds is 3. The molecule has 0 aliphatic carbocycles. The summed E-state index contributed by atoms with van der Waals surface area (Å²) in [4.78, 5) is 17.9. The first-order valence-electron chi connectivity index (χ1n) is 10.3. The Hall–Kier alpha value is -2.29. The molecule has 2 atom stereocenters. The number of halogens is 1. The molecule has 31 heavy (non-hydrogen) atoms. The lowest BCUT2D eigenvalue weighted by atomic mass is 9.94. The van der Waals surface area contributed by atoms with Gasteiger partial charge in [0.25, 0.3) is 5.56 Å². The van der Waals surface area contributed by atoms with Crippen LogP contribution in [0.4, 0.5) is 5.82 Å². The number of aromatic amines is 2. The van der Waals surface area contributed by atoms with Crippen molar-refractivity contribution in [2.45, 2.75) is 50.5 Å². The number of ether oxygens (including phenoxy) is 1. The summed E-state index contributed by atoms with van der Waals surface area (Å²) in [5, 5.41) is 11.9. The molecule has 1 aromatic carbocycles. The molecule has 0 unspecified atom stereocenters. The van der Waals surface area contributed by atoms with Gasteiger partial charge in [-0.3, -0.25) is 19.7 Å². The maximum absolute atomic E-state index is 13.2. The lowest BCUT2D eigenvalue weighted by Crippen LogP contribution is -2.35. The first-order chi connectivity index (χ1) is 14.8. The predicted octanol–water partition coefficient (Wildman–Crippen LogP) is 5.24. The second-order valence-corrected chi connectivity index (χ2v) is 10.4. The molecule has 2 aliphatic heterocycles. The Labute approximate surface area is 189 Å². The van der Waals surface area contributed by atoms with Crippen molar-refractivity contribution in [2.24, 2.45) is 4.99 Å². The molecule has 3 aromatic rings. The molecule has 1 fully saturated rings. The van der Waals surface area contributed by atoms with Gasteiger partial charge in [0, 0.05) is 17.2 Å². The lowest BCUT2D eigenvalue weighted by Gasteiger charge is -2.36. The van der Waals surface area contributed by atoms with Crippen molar-refractivity contribution in [3.8, 4) is 11.3 Å². The maximum atomic E-state index is 13.2. The van der Waals surface area contributed by atoms with Gasteiger partial charge in [-0.2, -0.15) is 5.10 Å². The van der Waals surface area contributed by atoms with Crippen molar-refractivity contribution in [1.82, 2.24) is 20.0 Å². The number of fused-ring (bicyclic) bond motifs is 1. The highest BCUT2D eigenvalue weighted by atomic mass is 35.5. The number of H-pyrrole nitrogens is 2. The van der Waals surface area contributed by atoms with Crippen molar-refractivity contribution >= 4 is 34.2 Å². The van der Waals surface area contributed by atoms with Crippen molar-refractivity contribution in [3.05, 3.63) is 57.0 Å². The molecule has 0 radical (unpaired) electrons. The Balaban J connectivity index is 1.59. The summed E-state index contributed by atoms with van der Waals surface area (Å²) in [5.74, 6) is 0.720. The summed E-state index contributed by atoms with van der Waals surface area (Å²) in [6.07, 6.45) is 3.46. The number of aromatic nitrogens is 4. The Bertz CT molecular complexity index is 1210. The monoisotopic (exact) mass is 457 g/mol. The van der Waals surface area contributed by atoms with Crippen LogP contribution in [0.2, 0.25) is 5.02 Å². The maximum Gasteiger partial charge on any atom is 0.271 e. The number of hydrogen-bond acceptors (Lipinski definition) is 5. The van der Waals surface area contributed by atoms with E-state index in [2.05, 4.69) is 29.1 Å². The summed E-state index contributed by atoms with van der Waals surface area (Å²) in [7, 11) is 0. The normalized spacial score (nSPS) is 22.8. The van der Waals surface area contributed by atoms with Crippen molar-refractivity contribution in [3.63, 3.8) is 0 Å². The molecule has 0 saturated carbocycles. The van der Waals surface area contributed by atoms with E-state index in [4.69, 9.17) is 21.3 Å². The van der Waals surface area contributed by atoms with E-state index < -0.39 is 0 Å². The largest absolute Gasteiger partial charge is 0.375 e. The molecular formula is C22H24ClN5O2S. The standard InChI is InChI=1S/C22H24ClN5O2S/c1-12-25-20-17(21(29)27-28(20)15-8-9-30-22(2,3)10-15)19(31-12)16-11-24-26-18(16)13-4-6-14(23)7-5-13/h4-7,11,15,19H,8-10H2,1-3H3,(H,24,26)(H,27,29)/t15-,19+/m0/s1. The highest BCUT2D eigenvalue weighted by molar-refractivity contribution is 8.14. The second-order valence-electron chi connectivity index (χ2n) is 8.64. The van der Waals surface area contributed by atoms with Crippen LogP contribution in [0.1, 0.15) is 56.0 Å². The average molecular weight is 458 g/mol. The van der Waals surface area contributed by atoms with Crippen molar-refractivity contribution in [1.29, 1.82) is 0 Å². The quantitative estimate of drug-likeness (QED) is 0.563. The van der Waals surface area contributed by atoms with Gasteiger partial charge in [-0.25, -0.2) is 4.99 Å². The first-order valence-corrected chi connectivity index (χ1v) is 11.6. The summed E-state index contributed by atoms with van der Waals surface area (Å²) in [6, 6.07) is 7.75. The third-order valence-electron chi connectivity index (χ3n) is 5.87. The minimum absolute atomic E-state index is 0.101. The van der Waals surface area contributed by atoms with Gasteiger partial charge in [0.05, 0.1) is 39.4 Å². The highest BCUT2D eigenvalue weighted by Gasteiger charge is 2.36. The fraction of sp³-hybridized carbons (Fsp3) is 0.409. The van der Waals surface area contributed by atoms with Crippen LogP contribution in [-0.2, 0) is 4.74 Å². The second kappa shape index (κ2) is 7.69. The van der Waals surface area contributed by atoms with Crippen LogP contribution in [-0.4, -0.2) is 37.2 Å². The molecular weight excluding hydrogens is 434 g/mol. The molecule has 2 aromatic heterocycles. The van der Waals surface area contributed by atoms with Gasteiger partial charge >= 0.3 is 0 Å². The number of nitrogens with one attached hydrogen (secondary N) is 2. The van der Waals surface area contributed by atoms with E-state index in [0.717, 1.165) is 40.5 Å². The minimum atomic E-state index is -0.231. The van der Waals surface area contributed by atoms with E-state index in [0.29, 0.717) is 17.2 Å². The van der Waals surface area contributed by atoms with Crippen LogP contribution in [0.5, 0.6) is 0 Å². The van der Waals surface area contributed by atoms with Crippen LogP contribution in [0.3, 0.4) is 0 Å². The first kappa shape index (κ1) is 20.6. The lowest BCUT2D eigenvalue weighted by molar-refractivity contribution is -0.0705. The highest BCUT2D eigenvalue weighted by Crippen LogP contribution is 2.47. The Morgan fingerprint density at radius 3 is 2.81 bits per heavy atom. The van der Waals surface area contributed by atoms with Gasteiger partial charge in [0.1, 0.15) is 0 Å². The molecule has 9 heteroatoms. The summed E-state index contributed by atoms with van der Waals surface area (Å²) in [5.41, 5.74) is 3.16. The topological polar surface area (TPSA) is 88.1 Å². The molecule has 4 heterocycles. The van der Waals surface area contributed by atoms with E-state index in [1.807, 2.05) is 35.9 Å². The molecule has 0 amide bonds. The van der Waals surface area contributed by atoms with Crippen LogP contribution in [0, 0.1) is 0 Å². The van der Waals surface area contributed by atoms with Gasteiger partial charge in [-0.15, -0.1) is 0 Å². The third-order valence-corrected chi connectivity index (χ3v) is 7.28. The van der Waals surface area contributed by atoms with Crippen LogP contribution in [0.25, 0.3) is 11.3 Å². The van der Waals surface area contributed by atoms with Crippen LogP contribution >= 0.6 is 23.4 Å². The van der Waals surface area contributed by atoms with Crippen molar-refractivity contribution in [2.75, 3.05) is 6.61 Å². The summed E-state index contributed by atoms with van der Waals surface area (Å²) < 4.78 is 7.83. The molecule has 162 valence electrons. The average Bonchev–Trinajstić information content (AvgIpc) is 3.32. The molecule has 0 bridgehead atoms. The van der Waals surface area contributed by atoms with E-state index in [-0.39, 0.29) is 22.5 Å². The zero-order valence-electron chi connectivity index (χ0n) is 17.6. The predicted molar refractivity (Wildman–Crippen MR) is 125 cm³/mol. The summed E-state index contributed by atoms with van der Waals surface area (Å²) >= 11 is 7.64. The SMILES string of the molecule is CC1=Nc2c(c(=O)[nH]n2[C@H]2CCOC(C)(C)C2)[C@@H](c2cn[nH]c2-c2ccc(Cl)cc2)S1. The Morgan fingerprint density at radius 2 is 2.06 bits per heavy atom. The van der Waals surface area contributed by atoms with Gasteiger partial charge in [-0.1, -0.05) is 35.5 Å². The molecule has 0 spiro atoms. The Morgan fingerprint density at radius 1 is 1.29 bits per heavy atom. The van der Waals surface area contributed by atoms with Gasteiger partial charge in [0.2, 0.25) is 0 Å². The van der Waals surface area contributed by atoms with Gasteiger partial charge in [-0.05, 0) is 51.3 Å². The number of hydrogen-bond donors (Lipinski definition) is 2. The van der Waals surface area contributed by atoms with E-state index in [1.165, 1.54) is 0 Å². The molecule has 1 saturated heterocycles. The minimum Gasteiger partial charge on any atom is -0.375 e. The number of benzene rings is 1. The van der Waals surface area contributed by atoms with E-state index >= 15 is 0 Å². The molecule has 5 rings (SSSR count). The van der Waals surface area contributed by atoms with Crippen LogP contribution in [0.15, 0.2) is 40.2 Å². The summed E-state index contributed by atoms with van der Waals surface area (Å²) in [6.45, 7) is 6.82. The fourth-order valence-corrected chi connectivity index (χ4v) is 5.70. The molecule has 7 nitrogen and oxygen atoms in total. The van der Waals surface area contributed by atoms with Gasteiger partial charge in [0.15, 0.2) is 5.82 Å². The molecule has 2 N–H and O–H groups in total. The zero-order chi connectivity index (χ0) is 21.8. The van der Waals surface area contributed by atoms with Crippen LogP contribution < -0.4 is 5.56 Å². The van der Waals surface area contributed by atoms with E-state index in [9.17, 15) is 4.79 Å². The zero-order valence-corrected chi connectivity index (χ0v) is 19.2. The third kappa shape index (κ3) is 3.77. The molecule has 2 aliphatic rings. The number of thioether (sulfide) groups is 1. The smallest absolute Gasteiger partial charge is 0.271 e.